The lowest BCUT2D eigenvalue weighted by atomic mass is 9.65. The third-order valence-corrected chi connectivity index (χ3v) is 4.14. The van der Waals surface area contributed by atoms with E-state index in [1.165, 1.54) is 19.3 Å². The molecule has 0 radical (unpaired) electrons. The van der Waals surface area contributed by atoms with Crippen molar-refractivity contribution in [1.29, 1.82) is 0 Å². The fourth-order valence-electron chi connectivity index (χ4n) is 4.08. The molecule has 2 fully saturated rings. The van der Waals surface area contributed by atoms with Crippen molar-refractivity contribution in [2.24, 2.45) is 10.8 Å². The lowest BCUT2D eigenvalue weighted by Gasteiger charge is -2.39. The topological polar surface area (TPSA) is 40.5 Å². The Bertz CT molecular complexity index is 306. The summed E-state index contributed by atoms with van der Waals surface area (Å²) in [7, 11) is 0. The van der Waals surface area contributed by atoms with Gasteiger partial charge in [0.05, 0.1) is 6.42 Å². The van der Waals surface area contributed by atoms with E-state index in [9.17, 15) is 4.79 Å². The molecule has 0 spiro atoms. The Morgan fingerprint density at radius 2 is 2.00 bits per heavy atom. The number of aliphatic carboxylic acids is 1. The average molecular weight is 262 g/mol. The van der Waals surface area contributed by atoms with Crippen molar-refractivity contribution in [3.05, 3.63) is 0 Å². The molecule has 1 N–H and O–H groups in total. The van der Waals surface area contributed by atoms with Gasteiger partial charge in [-0.25, -0.2) is 0 Å². The maximum atomic E-state index is 10.6. The minimum atomic E-state index is -0.675. The zero-order valence-corrected chi connectivity index (χ0v) is 11.8. The number of rotatable bonds is 3. The number of nitrogens with zero attached hydrogens (tertiary/aromatic N) is 1. The number of halogens is 1. The Morgan fingerprint density at radius 1 is 1.35 bits per heavy atom. The lowest BCUT2D eigenvalue weighted by Crippen LogP contribution is -2.35. The summed E-state index contributed by atoms with van der Waals surface area (Å²) < 4.78 is 0. The van der Waals surface area contributed by atoms with Gasteiger partial charge in [-0.15, -0.1) is 12.4 Å². The summed E-state index contributed by atoms with van der Waals surface area (Å²) >= 11 is 0. The number of fused-ring (bicyclic) bond motifs is 2. The molecule has 17 heavy (non-hydrogen) atoms. The fraction of sp³-hybridized carbons (Fsp3) is 0.923. The first-order valence-electron chi connectivity index (χ1n) is 6.26. The number of hydrogen-bond donors (Lipinski definition) is 1. The Hall–Kier alpha value is -0.280. The first-order valence-corrected chi connectivity index (χ1v) is 6.26. The normalized spacial score (nSPS) is 35.4. The Kier molecular flexibility index (Phi) is 4.15. The summed E-state index contributed by atoms with van der Waals surface area (Å²) in [4.78, 5) is 13.0. The first-order chi connectivity index (χ1) is 7.30. The van der Waals surface area contributed by atoms with Crippen LogP contribution < -0.4 is 0 Å². The molecule has 1 heterocycles. The van der Waals surface area contributed by atoms with Gasteiger partial charge in [0.25, 0.3) is 0 Å². The molecule has 1 saturated carbocycles. The molecule has 1 saturated heterocycles. The number of carboxylic acid groups (broad SMARTS) is 1. The van der Waals surface area contributed by atoms with Crippen molar-refractivity contribution in [2.75, 3.05) is 13.1 Å². The van der Waals surface area contributed by atoms with Crippen LogP contribution in [0.15, 0.2) is 0 Å². The zero-order chi connectivity index (χ0) is 12.0. The van der Waals surface area contributed by atoms with Gasteiger partial charge in [0, 0.05) is 19.1 Å². The van der Waals surface area contributed by atoms with Crippen LogP contribution in [0.2, 0.25) is 0 Å². The van der Waals surface area contributed by atoms with Gasteiger partial charge in [-0.05, 0) is 30.1 Å². The predicted molar refractivity (Wildman–Crippen MR) is 70.6 cm³/mol. The van der Waals surface area contributed by atoms with Crippen LogP contribution in [0.3, 0.4) is 0 Å². The van der Waals surface area contributed by atoms with Crippen molar-refractivity contribution >= 4 is 18.4 Å². The summed E-state index contributed by atoms with van der Waals surface area (Å²) in [5, 5.41) is 8.75. The summed E-state index contributed by atoms with van der Waals surface area (Å²) in [5.74, 6) is -0.675. The van der Waals surface area contributed by atoms with E-state index in [-0.39, 0.29) is 18.8 Å². The molecule has 0 aromatic carbocycles. The molecule has 2 aliphatic rings. The van der Waals surface area contributed by atoms with E-state index in [0.29, 0.717) is 16.9 Å². The molecular weight excluding hydrogens is 238 g/mol. The van der Waals surface area contributed by atoms with E-state index < -0.39 is 5.97 Å². The standard InChI is InChI=1S/C13H23NO2.ClH/c1-12(2)6-10-7-13(3,8-12)9-14(10)5-4-11(15)16;/h10H,4-9H2,1-3H3,(H,15,16);1H. The van der Waals surface area contributed by atoms with Gasteiger partial charge >= 0.3 is 5.97 Å². The van der Waals surface area contributed by atoms with Gasteiger partial charge in [-0.1, -0.05) is 20.8 Å². The van der Waals surface area contributed by atoms with Crippen molar-refractivity contribution in [3.8, 4) is 0 Å². The van der Waals surface area contributed by atoms with E-state index in [1.54, 1.807) is 0 Å². The highest BCUT2D eigenvalue weighted by molar-refractivity contribution is 5.85. The largest absolute Gasteiger partial charge is 0.481 e. The summed E-state index contributed by atoms with van der Waals surface area (Å²) in [6, 6.07) is 0.619. The van der Waals surface area contributed by atoms with Crippen molar-refractivity contribution in [3.63, 3.8) is 0 Å². The predicted octanol–water partition coefficient (Wildman–Crippen LogP) is 2.78. The molecule has 0 aromatic heterocycles. The number of hydrogen-bond acceptors (Lipinski definition) is 2. The SMILES string of the molecule is CC1(C)CC2CC(C)(CN2CCC(=O)O)C1.Cl. The molecule has 2 rings (SSSR count). The van der Waals surface area contributed by atoms with E-state index in [1.807, 2.05) is 0 Å². The first kappa shape index (κ1) is 14.8. The molecule has 1 aliphatic carbocycles. The molecule has 100 valence electrons. The molecule has 2 unspecified atom stereocenters. The highest BCUT2D eigenvalue weighted by atomic mass is 35.5. The number of carbonyl (C=O) groups is 1. The van der Waals surface area contributed by atoms with Crippen LogP contribution in [0.25, 0.3) is 0 Å². The van der Waals surface area contributed by atoms with Crippen LogP contribution in [-0.2, 0) is 4.79 Å². The summed E-state index contributed by atoms with van der Waals surface area (Å²) in [5.41, 5.74) is 0.848. The van der Waals surface area contributed by atoms with E-state index in [4.69, 9.17) is 5.11 Å². The van der Waals surface area contributed by atoms with Gasteiger partial charge in [-0.3, -0.25) is 9.69 Å². The quantitative estimate of drug-likeness (QED) is 0.849. The second kappa shape index (κ2) is 4.77. The van der Waals surface area contributed by atoms with Gasteiger partial charge in [0.1, 0.15) is 0 Å². The van der Waals surface area contributed by atoms with Gasteiger partial charge in [0.2, 0.25) is 0 Å². The molecule has 4 heteroatoms. The van der Waals surface area contributed by atoms with Gasteiger partial charge in [-0.2, -0.15) is 0 Å². The second-order valence-electron chi connectivity index (χ2n) is 6.83. The molecular formula is C13H24ClNO2. The monoisotopic (exact) mass is 261 g/mol. The van der Waals surface area contributed by atoms with Crippen LogP contribution in [-0.4, -0.2) is 35.1 Å². The third kappa shape index (κ3) is 3.35. The molecule has 3 nitrogen and oxygen atoms in total. The molecule has 0 amide bonds. The smallest absolute Gasteiger partial charge is 0.304 e. The molecule has 2 bridgehead atoms. The minimum Gasteiger partial charge on any atom is -0.481 e. The average Bonchev–Trinajstić information content (AvgIpc) is 2.31. The Morgan fingerprint density at radius 3 is 2.59 bits per heavy atom. The van der Waals surface area contributed by atoms with Crippen LogP contribution >= 0.6 is 12.4 Å². The van der Waals surface area contributed by atoms with E-state index >= 15 is 0 Å². The Labute approximate surface area is 110 Å². The zero-order valence-electron chi connectivity index (χ0n) is 11.0. The molecule has 0 aromatic rings. The van der Waals surface area contributed by atoms with Crippen LogP contribution in [0.1, 0.15) is 46.5 Å². The van der Waals surface area contributed by atoms with Crippen molar-refractivity contribution in [2.45, 2.75) is 52.5 Å². The number of carboxylic acids is 1. The summed E-state index contributed by atoms with van der Waals surface area (Å²) in [6.07, 6.45) is 4.05. The van der Waals surface area contributed by atoms with E-state index in [2.05, 4.69) is 25.7 Å². The van der Waals surface area contributed by atoms with Crippen molar-refractivity contribution < 1.29 is 9.90 Å². The highest BCUT2D eigenvalue weighted by Gasteiger charge is 2.49. The van der Waals surface area contributed by atoms with E-state index in [0.717, 1.165) is 13.1 Å². The maximum Gasteiger partial charge on any atom is 0.304 e. The third-order valence-electron chi connectivity index (χ3n) is 4.14. The molecule has 2 atom stereocenters. The van der Waals surface area contributed by atoms with Gasteiger partial charge in [0.15, 0.2) is 0 Å². The lowest BCUT2D eigenvalue weighted by molar-refractivity contribution is -0.137. The fourth-order valence-corrected chi connectivity index (χ4v) is 4.08. The van der Waals surface area contributed by atoms with Crippen LogP contribution in [0.4, 0.5) is 0 Å². The van der Waals surface area contributed by atoms with Crippen LogP contribution in [0.5, 0.6) is 0 Å². The highest BCUT2D eigenvalue weighted by Crippen LogP contribution is 2.52. The van der Waals surface area contributed by atoms with Crippen molar-refractivity contribution in [1.82, 2.24) is 4.90 Å². The van der Waals surface area contributed by atoms with Crippen LogP contribution in [0, 0.1) is 10.8 Å². The summed E-state index contributed by atoms with van der Waals surface area (Å²) in [6.45, 7) is 8.87. The number of likely N-dealkylation sites (tertiary alicyclic amines) is 1. The minimum absolute atomic E-state index is 0. The maximum absolute atomic E-state index is 10.6. The van der Waals surface area contributed by atoms with Gasteiger partial charge < -0.3 is 5.11 Å². The molecule has 1 aliphatic heterocycles. The Balaban J connectivity index is 0.00000144. The second-order valence-corrected chi connectivity index (χ2v) is 6.83.